The first-order valence-electron chi connectivity index (χ1n) is 5.77. The number of rotatable bonds is 6. The van der Waals surface area contributed by atoms with Gasteiger partial charge < -0.3 is 0 Å². The van der Waals surface area contributed by atoms with E-state index in [1.165, 1.54) is 12.3 Å². The molecule has 90 valence electrons. The third-order valence-electron chi connectivity index (χ3n) is 3.05. The lowest BCUT2D eigenvalue weighted by atomic mass is 9.92. The number of hydrogen-bond donors (Lipinski definition) is 2. The van der Waals surface area contributed by atoms with Gasteiger partial charge in [0.1, 0.15) is 5.82 Å². The zero-order chi connectivity index (χ0) is 12.0. The molecule has 0 aliphatic rings. The highest BCUT2D eigenvalue weighted by molar-refractivity contribution is 5.14. The van der Waals surface area contributed by atoms with Gasteiger partial charge in [0.15, 0.2) is 0 Å². The molecule has 1 rings (SSSR count). The molecule has 1 aromatic rings. The number of hydrogen-bond acceptors (Lipinski definition) is 3. The van der Waals surface area contributed by atoms with Crippen LogP contribution in [0.3, 0.4) is 0 Å². The van der Waals surface area contributed by atoms with Gasteiger partial charge in [0.05, 0.1) is 6.20 Å². The van der Waals surface area contributed by atoms with Crippen LogP contribution >= 0.6 is 0 Å². The van der Waals surface area contributed by atoms with Gasteiger partial charge in [-0.15, -0.1) is 0 Å². The van der Waals surface area contributed by atoms with E-state index < -0.39 is 0 Å². The van der Waals surface area contributed by atoms with Crippen LogP contribution in [0.2, 0.25) is 0 Å². The number of pyridine rings is 1. The Balaban J connectivity index is 2.74. The van der Waals surface area contributed by atoms with E-state index in [1.807, 2.05) is 0 Å². The first-order valence-corrected chi connectivity index (χ1v) is 5.77. The first-order chi connectivity index (χ1) is 7.71. The van der Waals surface area contributed by atoms with Crippen molar-refractivity contribution >= 4 is 0 Å². The molecule has 3 N–H and O–H groups in total. The molecular formula is C12H20FN3. The van der Waals surface area contributed by atoms with Gasteiger partial charge in [-0.1, -0.05) is 26.7 Å². The zero-order valence-electron chi connectivity index (χ0n) is 9.91. The maximum Gasteiger partial charge on any atom is 0.141 e. The fourth-order valence-electron chi connectivity index (χ4n) is 1.87. The summed E-state index contributed by atoms with van der Waals surface area (Å²) in [4.78, 5) is 3.84. The van der Waals surface area contributed by atoms with Crippen LogP contribution in [-0.2, 0) is 0 Å². The van der Waals surface area contributed by atoms with Crippen molar-refractivity contribution in [1.82, 2.24) is 10.4 Å². The summed E-state index contributed by atoms with van der Waals surface area (Å²) in [5.41, 5.74) is 3.55. The van der Waals surface area contributed by atoms with Gasteiger partial charge in [0, 0.05) is 12.2 Å². The second kappa shape index (κ2) is 6.55. The molecule has 1 atom stereocenters. The second-order valence-electron chi connectivity index (χ2n) is 4.07. The van der Waals surface area contributed by atoms with Crippen molar-refractivity contribution in [3.8, 4) is 0 Å². The van der Waals surface area contributed by atoms with Crippen molar-refractivity contribution in [3.05, 3.63) is 29.8 Å². The summed E-state index contributed by atoms with van der Waals surface area (Å²) in [7, 11) is 0. The molecule has 1 heterocycles. The lowest BCUT2D eigenvalue weighted by Gasteiger charge is -2.21. The minimum Gasteiger partial charge on any atom is -0.271 e. The zero-order valence-corrected chi connectivity index (χ0v) is 9.91. The summed E-state index contributed by atoms with van der Waals surface area (Å²) in [5, 5.41) is 0. The predicted octanol–water partition coefficient (Wildman–Crippen LogP) is 2.55. The van der Waals surface area contributed by atoms with E-state index in [9.17, 15) is 4.39 Å². The van der Waals surface area contributed by atoms with Crippen molar-refractivity contribution in [1.29, 1.82) is 0 Å². The van der Waals surface area contributed by atoms with Crippen LogP contribution in [0.15, 0.2) is 18.5 Å². The van der Waals surface area contributed by atoms with Gasteiger partial charge in [0.25, 0.3) is 0 Å². The van der Waals surface area contributed by atoms with E-state index in [0.717, 1.165) is 24.8 Å². The van der Waals surface area contributed by atoms with E-state index in [1.54, 1.807) is 6.20 Å². The Morgan fingerprint density at radius 3 is 2.56 bits per heavy atom. The van der Waals surface area contributed by atoms with Crippen LogP contribution in [0.1, 0.15) is 44.7 Å². The van der Waals surface area contributed by atoms with Gasteiger partial charge in [-0.3, -0.25) is 16.3 Å². The number of nitrogens with two attached hydrogens (primary N) is 1. The Bertz CT molecular complexity index is 313. The highest BCUT2D eigenvalue weighted by Gasteiger charge is 2.15. The minimum atomic E-state index is -0.317. The maximum atomic E-state index is 13.0. The molecule has 1 unspecified atom stereocenters. The summed E-state index contributed by atoms with van der Waals surface area (Å²) in [6.45, 7) is 4.32. The van der Waals surface area contributed by atoms with E-state index >= 15 is 0 Å². The van der Waals surface area contributed by atoms with Crippen molar-refractivity contribution in [2.45, 2.75) is 39.2 Å². The lowest BCUT2D eigenvalue weighted by Crippen LogP contribution is -2.29. The van der Waals surface area contributed by atoms with E-state index in [2.05, 4.69) is 24.3 Å². The second-order valence-corrected chi connectivity index (χ2v) is 4.07. The fraction of sp³-hybridized carbons (Fsp3) is 0.583. The molecule has 0 aromatic carbocycles. The molecular weight excluding hydrogens is 205 g/mol. The molecule has 0 aliphatic carbocycles. The molecule has 0 bridgehead atoms. The van der Waals surface area contributed by atoms with Crippen molar-refractivity contribution in [3.63, 3.8) is 0 Å². The highest BCUT2D eigenvalue weighted by Crippen LogP contribution is 2.24. The molecule has 0 radical (unpaired) electrons. The summed E-state index contributed by atoms with van der Waals surface area (Å²) in [6, 6.07) is 1.47. The van der Waals surface area contributed by atoms with Crippen LogP contribution in [0.4, 0.5) is 4.39 Å². The van der Waals surface area contributed by atoms with Gasteiger partial charge >= 0.3 is 0 Å². The topological polar surface area (TPSA) is 50.9 Å². The normalized spacial score (nSPS) is 13.1. The van der Waals surface area contributed by atoms with E-state index in [4.69, 9.17) is 5.84 Å². The molecule has 16 heavy (non-hydrogen) atoms. The molecule has 4 heteroatoms. The smallest absolute Gasteiger partial charge is 0.141 e. The molecule has 0 spiro atoms. The van der Waals surface area contributed by atoms with Crippen molar-refractivity contribution in [2.24, 2.45) is 11.8 Å². The van der Waals surface area contributed by atoms with Gasteiger partial charge in [-0.2, -0.15) is 0 Å². The quantitative estimate of drug-likeness (QED) is 0.578. The Morgan fingerprint density at radius 2 is 2.06 bits per heavy atom. The predicted molar refractivity (Wildman–Crippen MR) is 62.9 cm³/mol. The largest absolute Gasteiger partial charge is 0.271 e. The number of aromatic nitrogens is 1. The van der Waals surface area contributed by atoms with E-state index in [-0.39, 0.29) is 11.9 Å². The van der Waals surface area contributed by atoms with Crippen LogP contribution in [0.5, 0.6) is 0 Å². The number of halogens is 1. The maximum absolute atomic E-state index is 13.0. The standard InChI is InChI=1S/C12H20FN3/c1-3-9(4-2)5-12(16-14)10-6-11(13)8-15-7-10/h6-9,12,16H,3-5,14H2,1-2H3. The molecule has 0 amide bonds. The minimum absolute atomic E-state index is 0.0203. The summed E-state index contributed by atoms with van der Waals surface area (Å²) in [6.07, 6.45) is 5.99. The lowest BCUT2D eigenvalue weighted by molar-refractivity contribution is 0.373. The summed E-state index contributed by atoms with van der Waals surface area (Å²) < 4.78 is 13.0. The number of hydrazine groups is 1. The Kier molecular flexibility index (Phi) is 5.35. The summed E-state index contributed by atoms with van der Waals surface area (Å²) >= 11 is 0. The molecule has 0 saturated heterocycles. The van der Waals surface area contributed by atoms with Crippen LogP contribution in [-0.4, -0.2) is 4.98 Å². The van der Waals surface area contributed by atoms with Gasteiger partial charge in [-0.05, 0) is 24.0 Å². The third kappa shape index (κ3) is 3.54. The average molecular weight is 225 g/mol. The first kappa shape index (κ1) is 13.1. The SMILES string of the molecule is CCC(CC)CC(NN)c1cncc(F)c1. The van der Waals surface area contributed by atoms with Gasteiger partial charge in [-0.25, -0.2) is 4.39 Å². The van der Waals surface area contributed by atoms with E-state index in [0.29, 0.717) is 5.92 Å². The Labute approximate surface area is 96.2 Å². The van der Waals surface area contributed by atoms with Crippen LogP contribution in [0, 0.1) is 11.7 Å². The summed E-state index contributed by atoms with van der Waals surface area (Å²) in [5.74, 6) is 5.80. The molecule has 0 fully saturated rings. The Morgan fingerprint density at radius 1 is 1.38 bits per heavy atom. The van der Waals surface area contributed by atoms with Gasteiger partial charge in [0.2, 0.25) is 0 Å². The Hall–Kier alpha value is -1.00. The van der Waals surface area contributed by atoms with Crippen LogP contribution in [0.25, 0.3) is 0 Å². The number of nitrogens with zero attached hydrogens (tertiary/aromatic N) is 1. The van der Waals surface area contributed by atoms with Crippen LogP contribution < -0.4 is 11.3 Å². The highest BCUT2D eigenvalue weighted by atomic mass is 19.1. The third-order valence-corrected chi connectivity index (χ3v) is 3.05. The molecule has 1 aromatic heterocycles. The molecule has 3 nitrogen and oxygen atoms in total. The fourth-order valence-corrected chi connectivity index (χ4v) is 1.87. The average Bonchev–Trinajstić information content (AvgIpc) is 2.31. The molecule has 0 aliphatic heterocycles. The monoisotopic (exact) mass is 225 g/mol. The van der Waals surface area contributed by atoms with Crippen molar-refractivity contribution in [2.75, 3.05) is 0 Å². The number of nitrogens with one attached hydrogen (secondary N) is 1. The van der Waals surface area contributed by atoms with Crippen molar-refractivity contribution < 1.29 is 4.39 Å². The molecule has 0 saturated carbocycles.